The number of likely N-dealkylation sites (tertiary alicyclic amines) is 1. The minimum atomic E-state index is -0.790. The van der Waals surface area contributed by atoms with Gasteiger partial charge < -0.3 is 14.7 Å². The summed E-state index contributed by atoms with van der Waals surface area (Å²) in [4.78, 5) is 13.5. The van der Waals surface area contributed by atoms with Crippen molar-refractivity contribution < 1.29 is 19.0 Å². The third kappa shape index (κ3) is 3.67. The Morgan fingerprint density at radius 2 is 2.26 bits per heavy atom. The van der Waals surface area contributed by atoms with Crippen LogP contribution in [0.15, 0.2) is 24.3 Å². The van der Waals surface area contributed by atoms with Crippen LogP contribution in [-0.2, 0) is 4.79 Å². The Balaban J connectivity index is 1.77. The predicted molar refractivity (Wildman–Crippen MR) is 68.3 cm³/mol. The molecule has 4 nitrogen and oxygen atoms in total. The largest absolute Gasteiger partial charge is 0.490 e. The molecule has 1 N–H and O–H groups in total. The molecular formula is C14H18FNO3. The summed E-state index contributed by atoms with van der Waals surface area (Å²) in [7, 11) is 0. The second-order valence-corrected chi connectivity index (χ2v) is 5.09. The van der Waals surface area contributed by atoms with Gasteiger partial charge >= 0.3 is 0 Å². The van der Waals surface area contributed by atoms with E-state index < -0.39 is 11.4 Å². The number of carbonyl (C=O) groups is 1. The molecule has 0 saturated carbocycles. The minimum absolute atomic E-state index is 0.0749. The van der Waals surface area contributed by atoms with Crippen molar-refractivity contribution in [1.29, 1.82) is 0 Å². The van der Waals surface area contributed by atoms with Crippen LogP contribution < -0.4 is 4.74 Å². The summed E-state index contributed by atoms with van der Waals surface area (Å²) in [6.07, 6.45) is 0.775. The van der Waals surface area contributed by atoms with Gasteiger partial charge in [0.1, 0.15) is 0 Å². The Hall–Kier alpha value is -1.62. The number of nitrogens with zero attached hydrogens (tertiary/aromatic N) is 1. The lowest BCUT2D eigenvalue weighted by Crippen LogP contribution is -2.34. The lowest BCUT2D eigenvalue weighted by molar-refractivity contribution is -0.131. The van der Waals surface area contributed by atoms with Crippen molar-refractivity contribution in [2.24, 2.45) is 0 Å². The first-order valence-corrected chi connectivity index (χ1v) is 6.35. The summed E-state index contributed by atoms with van der Waals surface area (Å²) in [6.45, 7) is 2.77. The van der Waals surface area contributed by atoms with E-state index in [0.29, 0.717) is 19.5 Å². The van der Waals surface area contributed by atoms with Gasteiger partial charge in [0.2, 0.25) is 5.91 Å². The van der Waals surface area contributed by atoms with E-state index in [1.807, 2.05) is 0 Å². The van der Waals surface area contributed by atoms with E-state index in [9.17, 15) is 14.3 Å². The molecule has 0 spiro atoms. The number of β-amino-alcohol motifs (C(OH)–C–C–N with tert-alkyl or cyclic N) is 1. The maximum atomic E-state index is 13.3. The summed E-state index contributed by atoms with van der Waals surface area (Å²) in [5.41, 5.74) is -0.790. The minimum Gasteiger partial charge on any atom is -0.490 e. The number of aliphatic hydroxyl groups is 1. The number of ether oxygens (including phenoxy) is 1. The van der Waals surface area contributed by atoms with Crippen molar-refractivity contribution in [3.8, 4) is 5.75 Å². The Bertz CT molecular complexity index is 462. The molecule has 5 heteroatoms. The molecule has 0 aliphatic carbocycles. The van der Waals surface area contributed by atoms with Crippen LogP contribution in [0.2, 0.25) is 0 Å². The first-order valence-electron chi connectivity index (χ1n) is 6.35. The monoisotopic (exact) mass is 267 g/mol. The van der Waals surface area contributed by atoms with E-state index in [1.54, 1.807) is 24.0 Å². The Morgan fingerprint density at radius 3 is 2.89 bits per heavy atom. The summed E-state index contributed by atoms with van der Waals surface area (Å²) in [6, 6.07) is 6.10. The zero-order chi connectivity index (χ0) is 13.9. The van der Waals surface area contributed by atoms with E-state index in [1.165, 1.54) is 12.1 Å². The number of benzene rings is 1. The molecule has 1 aromatic carbocycles. The third-order valence-corrected chi connectivity index (χ3v) is 3.21. The van der Waals surface area contributed by atoms with Crippen molar-refractivity contribution in [3.63, 3.8) is 0 Å². The third-order valence-electron chi connectivity index (χ3n) is 3.21. The normalized spacial score (nSPS) is 22.6. The highest BCUT2D eigenvalue weighted by atomic mass is 19.1. The van der Waals surface area contributed by atoms with Crippen LogP contribution >= 0.6 is 0 Å². The van der Waals surface area contributed by atoms with Gasteiger partial charge in [0.25, 0.3) is 0 Å². The number of rotatable bonds is 4. The van der Waals surface area contributed by atoms with Gasteiger partial charge in [-0.05, 0) is 25.5 Å². The Kier molecular flexibility index (Phi) is 4.04. The summed E-state index contributed by atoms with van der Waals surface area (Å²) < 4.78 is 18.5. The van der Waals surface area contributed by atoms with Gasteiger partial charge in [-0.1, -0.05) is 12.1 Å². The average molecular weight is 267 g/mol. The van der Waals surface area contributed by atoms with Crippen LogP contribution in [0.4, 0.5) is 4.39 Å². The summed E-state index contributed by atoms with van der Waals surface area (Å²) in [5, 5.41) is 9.78. The molecule has 1 fully saturated rings. The molecular weight excluding hydrogens is 249 g/mol. The lowest BCUT2D eigenvalue weighted by Gasteiger charge is -2.19. The van der Waals surface area contributed by atoms with Gasteiger partial charge in [-0.25, -0.2) is 4.39 Å². The van der Waals surface area contributed by atoms with Gasteiger partial charge in [0.15, 0.2) is 11.6 Å². The predicted octanol–water partition coefficient (Wildman–Crippen LogP) is 1.58. The number of hydrogen-bond acceptors (Lipinski definition) is 3. The molecule has 1 amide bonds. The fourth-order valence-corrected chi connectivity index (χ4v) is 2.13. The first-order chi connectivity index (χ1) is 8.98. The average Bonchev–Trinajstić information content (AvgIpc) is 2.72. The number of para-hydroxylation sites is 1. The van der Waals surface area contributed by atoms with Gasteiger partial charge in [-0.3, -0.25) is 4.79 Å². The smallest absolute Gasteiger partial charge is 0.226 e. The number of carbonyl (C=O) groups excluding carboxylic acids is 1. The molecule has 0 bridgehead atoms. The van der Waals surface area contributed by atoms with Crippen LogP contribution in [0.3, 0.4) is 0 Å². The zero-order valence-corrected chi connectivity index (χ0v) is 10.9. The number of halogens is 1. The number of hydrogen-bond donors (Lipinski definition) is 1. The molecule has 104 valence electrons. The highest BCUT2D eigenvalue weighted by Crippen LogP contribution is 2.21. The molecule has 2 rings (SSSR count). The Labute approximate surface area is 111 Å². The summed E-state index contributed by atoms with van der Waals surface area (Å²) >= 11 is 0. The second-order valence-electron chi connectivity index (χ2n) is 5.09. The molecule has 1 saturated heterocycles. The molecule has 1 atom stereocenters. The van der Waals surface area contributed by atoms with Gasteiger partial charge in [0, 0.05) is 13.1 Å². The maximum Gasteiger partial charge on any atom is 0.226 e. The van der Waals surface area contributed by atoms with Crippen molar-refractivity contribution in [3.05, 3.63) is 30.1 Å². The van der Waals surface area contributed by atoms with Gasteiger partial charge in [-0.2, -0.15) is 0 Å². The molecule has 1 aromatic rings. The van der Waals surface area contributed by atoms with Gasteiger partial charge in [-0.15, -0.1) is 0 Å². The molecule has 1 aliphatic rings. The van der Waals surface area contributed by atoms with Crippen LogP contribution in [-0.4, -0.2) is 41.2 Å². The molecule has 0 aromatic heterocycles. The summed E-state index contributed by atoms with van der Waals surface area (Å²) in [5.74, 6) is -0.350. The quantitative estimate of drug-likeness (QED) is 0.901. The first kappa shape index (κ1) is 13.8. The zero-order valence-electron chi connectivity index (χ0n) is 10.9. The van der Waals surface area contributed by atoms with E-state index in [0.717, 1.165) is 0 Å². The van der Waals surface area contributed by atoms with E-state index in [2.05, 4.69) is 0 Å². The van der Waals surface area contributed by atoms with Crippen molar-refractivity contribution >= 4 is 5.91 Å². The van der Waals surface area contributed by atoms with Crippen molar-refractivity contribution in [2.45, 2.75) is 25.4 Å². The Morgan fingerprint density at radius 1 is 1.53 bits per heavy atom. The number of amides is 1. The van der Waals surface area contributed by atoms with Crippen LogP contribution in [0, 0.1) is 5.82 Å². The molecule has 1 heterocycles. The maximum absolute atomic E-state index is 13.3. The molecule has 1 unspecified atom stereocenters. The standard InChI is InChI=1S/C14H18FNO3/c1-14(18)7-8-16(10-14)13(17)6-9-19-12-5-3-2-4-11(12)15/h2-5,18H,6-10H2,1H3. The van der Waals surface area contributed by atoms with E-state index >= 15 is 0 Å². The fraction of sp³-hybridized carbons (Fsp3) is 0.500. The molecule has 0 radical (unpaired) electrons. The van der Waals surface area contributed by atoms with Crippen LogP contribution in [0.1, 0.15) is 19.8 Å². The van der Waals surface area contributed by atoms with E-state index in [4.69, 9.17) is 4.74 Å². The van der Waals surface area contributed by atoms with Gasteiger partial charge in [0.05, 0.1) is 18.6 Å². The highest BCUT2D eigenvalue weighted by molar-refractivity contribution is 5.76. The van der Waals surface area contributed by atoms with Crippen molar-refractivity contribution in [2.75, 3.05) is 19.7 Å². The van der Waals surface area contributed by atoms with Crippen LogP contribution in [0.5, 0.6) is 5.75 Å². The molecule has 1 aliphatic heterocycles. The molecule has 19 heavy (non-hydrogen) atoms. The van der Waals surface area contributed by atoms with Crippen LogP contribution in [0.25, 0.3) is 0 Å². The SMILES string of the molecule is CC1(O)CCN(C(=O)CCOc2ccccc2F)C1. The van der Waals surface area contributed by atoms with Crippen molar-refractivity contribution in [1.82, 2.24) is 4.90 Å². The fourth-order valence-electron chi connectivity index (χ4n) is 2.13. The highest BCUT2D eigenvalue weighted by Gasteiger charge is 2.33. The van der Waals surface area contributed by atoms with E-state index in [-0.39, 0.29) is 24.7 Å². The second kappa shape index (κ2) is 5.57. The topological polar surface area (TPSA) is 49.8 Å². The lowest BCUT2D eigenvalue weighted by atomic mass is 10.1.